The second-order valence-corrected chi connectivity index (χ2v) is 0. The van der Waals surface area contributed by atoms with Crippen LogP contribution in [0.4, 0.5) is 0 Å². The van der Waals surface area contributed by atoms with Gasteiger partial charge in [-0.25, -0.2) is 0 Å². The van der Waals surface area contributed by atoms with E-state index in [-0.39, 0.29) is 64.8 Å². The smallest absolute Gasteiger partial charge is 2.00 e. The minimum atomic E-state index is 0. The maximum Gasteiger partial charge on any atom is 3.00 e. The molecule has 0 spiro atoms. The minimum absolute atomic E-state index is 0. The van der Waals surface area contributed by atoms with Crippen molar-refractivity contribution in [2.24, 2.45) is 0 Å². The summed E-state index contributed by atoms with van der Waals surface area (Å²) in [4.78, 5) is 0. The largest absolute Gasteiger partial charge is 3.00 e. The normalized spacial score (nSPS) is 0. The summed E-state index contributed by atoms with van der Waals surface area (Å²) < 4.78 is 0. The van der Waals surface area contributed by atoms with Crippen LogP contribution < -0.4 is 42.0 Å². The van der Waals surface area contributed by atoms with E-state index in [0.717, 1.165) is 0 Å². The summed E-state index contributed by atoms with van der Waals surface area (Å²) in [6.45, 7) is 0. The Kier molecular flexibility index (Phi) is 224. The zero-order chi connectivity index (χ0) is 0. The zero-order valence-electron chi connectivity index (χ0n) is 2.36. The maximum atomic E-state index is 0. The molecule has 0 aromatic carbocycles. The predicted molar refractivity (Wildman–Crippen MR) is 6.44 cm³/mol. The third-order valence-corrected chi connectivity index (χ3v) is 0. The van der Waals surface area contributed by atoms with Gasteiger partial charge in [0.05, 0.1) is 0 Å². The van der Waals surface area contributed by atoms with Gasteiger partial charge in [-0.3, -0.25) is 0 Å². The van der Waals surface area contributed by atoms with Gasteiger partial charge < -0.3 is 17.9 Å². The van der Waals surface area contributed by atoms with Crippen LogP contribution in [-0.4, -0.2) is 17.4 Å². The molecule has 0 aromatic rings. The second kappa shape index (κ2) is 21.5. The molecule has 0 atom stereocenters. The fourth-order valence-corrected chi connectivity index (χ4v) is 0. The van der Waals surface area contributed by atoms with Crippen LogP contribution in [0.15, 0.2) is 0 Å². The van der Waals surface area contributed by atoms with Crippen LogP contribution in [0.2, 0.25) is 0 Å². The van der Waals surface area contributed by atoms with Gasteiger partial charge in [-0.1, -0.05) is 0 Å². The van der Waals surface area contributed by atoms with Gasteiger partial charge >= 0.3 is 46.9 Å². The molecule has 0 saturated carbocycles. The fraction of sp³-hybridized carbons (Fsp3) is 0. The molecule has 16 valence electrons. The summed E-state index contributed by atoms with van der Waals surface area (Å²) in [7, 11) is 0. The Morgan fingerprint density at radius 3 is 1.00 bits per heavy atom. The molecule has 0 saturated heterocycles. The van der Waals surface area contributed by atoms with Gasteiger partial charge in [0, 0.05) is 0 Å². The predicted octanol–water partition coefficient (Wildman–Crippen LogP) is -6.49. The average molecular weight is 101 g/mol. The monoisotopic (exact) mass is 101 g/mol. The van der Waals surface area contributed by atoms with E-state index in [0.29, 0.717) is 0 Å². The molecule has 0 rings (SSSR count). The van der Waals surface area contributed by atoms with E-state index in [1.165, 1.54) is 0 Å². The molecule has 1 nitrogen and oxygen atoms in total. The van der Waals surface area contributed by atoms with Crippen LogP contribution in [-0.2, 0) is 5.48 Å². The van der Waals surface area contributed by atoms with Crippen molar-refractivity contribution in [3.63, 3.8) is 0 Å². The average Bonchev–Trinajstić information content (AvgIpc) is 0. The molecule has 4 heavy (non-hydrogen) atoms. The van der Waals surface area contributed by atoms with E-state index in [1.807, 2.05) is 0 Å². The van der Waals surface area contributed by atoms with Gasteiger partial charge in [0.15, 0.2) is 0 Å². The van der Waals surface area contributed by atoms with E-state index >= 15 is 0 Å². The Hall–Kier alpha value is 1.78. The van der Waals surface area contributed by atoms with Crippen molar-refractivity contribution in [2.75, 3.05) is 0 Å². The third-order valence-electron chi connectivity index (χ3n) is 0. The molecule has 4 heteroatoms. The van der Waals surface area contributed by atoms with Crippen molar-refractivity contribution in [3.8, 4) is 0 Å². The third kappa shape index (κ3) is 9.22. The van der Waals surface area contributed by atoms with Crippen molar-refractivity contribution >= 4 is 17.4 Å². The van der Waals surface area contributed by atoms with Gasteiger partial charge in [-0.15, -0.1) is 0 Å². The summed E-state index contributed by atoms with van der Waals surface area (Å²) >= 11 is 0. The van der Waals surface area contributed by atoms with Crippen molar-refractivity contribution in [1.29, 1.82) is 0 Å². The van der Waals surface area contributed by atoms with Gasteiger partial charge in [-0.05, 0) is 0 Å². The Morgan fingerprint density at radius 1 is 1.00 bits per heavy atom. The van der Waals surface area contributed by atoms with Gasteiger partial charge in [0.2, 0.25) is 0 Å². The Morgan fingerprint density at radius 2 is 1.00 bits per heavy atom. The van der Waals surface area contributed by atoms with Crippen molar-refractivity contribution in [2.45, 2.75) is 0 Å². The number of halogens is 1. The van der Waals surface area contributed by atoms with Crippen molar-refractivity contribution in [1.82, 2.24) is 0 Å². The molecule has 0 aliphatic rings. The van der Waals surface area contributed by atoms with Gasteiger partial charge in [0.25, 0.3) is 0 Å². The molecule has 0 radical (unpaired) electrons. The van der Waals surface area contributed by atoms with Crippen LogP contribution in [0, 0.1) is 0 Å². The molecule has 0 N–H and O–H groups in total. The maximum absolute atomic E-state index is 0. The molecule has 0 aliphatic heterocycles. The molecular formula is AlClNaO+. The first-order valence-corrected chi connectivity index (χ1v) is 0. The van der Waals surface area contributed by atoms with Gasteiger partial charge in [0.1, 0.15) is 0 Å². The number of rotatable bonds is 0. The van der Waals surface area contributed by atoms with Crippen LogP contribution in [0.1, 0.15) is 0 Å². The second-order valence-electron chi connectivity index (χ2n) is 0. The van der Waals surface area contributed by atoms with Crippen LogP contribution in [0.5, 0.6) is 0 Å². The Bertz CT molecular complexity index is 8.00. The van der Waals surface area contributed by atoms with E-state index in [4.69, 9.17) is 0 Å². The summed E-state index contributed by atoms with van der Waals surface area (Å²) in [5.41, 5.74) is 0. The van der Waals surface area contributed by atoms with Crippen LogP contribution >= 0.6 is 0 Å². The fourth-order valence-electron chi connectivity index (χ4n) is 0. The number of hydrogen-bond acceptors (Lipinski definition) is 0. The summed E-state index contributed by atoms with van der Waals surface area (Å²) in [6, 6.07) is 0. The van der Waals surface area contributed by atoms with Crippen LogP contribution in [0.25, 0.3) is 0 Å². The summed E-state index contributed by atoms with van der Waals surface area (Å²) in [5, 5.41) is 0. The summed E-state index contributed by atoms with van der Waals surface area (Å²) in [6.07, 6.45) is 0. The first-order valence-electron chi connectivity index (χ1n) is 0. The van der Waals surface area contributed by atoms with Crippen molar-refractivity contribution < 1.29 is 47.4 Å². The molecule has 0 unspecified atom stereocenters. The quantitative estimate of drug-likeness (QED) is 0.272. The van der Waals surface area contributed by atoms with E-state index in [2.05, 4.69) is 0 Å². The first-order chi connectivity index (χ1) is 0. The van der Waals surface area contributed by atoms with Gasteiger partial charge in [-0.2, -0.15) is 0 Å². The first kappa shape index (κ1) is 41.6. The standard InChI is InChI=1S/Al.ClH.Na.O/h;1H;;/q+3;;+1;-2/p-1. The Labute approximate surface area is 64.3 Å². The van der Waals surface area contributed by atoms with E-state index in [1.54, 1.807) is 0 Å². The SMILES string of the molecule is [Al+3].[Cl-].[Na+].[O-2]. The Balaban J connectivity index is 0. The molecular weight excluding hydrogens is 101 g/mol. The molecule has 0 aliphatic carbocycles. The molecule has 0 heterocycles. The topological polar surface area (TPSA) is 28.5 Å². The molecule has 0 aromatic heterocycles. The minimum Gasteiger partial charge on any atom is -2.00 e. The summed E-state index contributed by atoms with van der Waals surface area (Å²) in [5.74, 6) is 0. The van der Waals surface area contributed by atoms with Crippen molar-refractivity contribution in [3.05, 3.63) is 0 Å². The van der Waals surface area contributed by atoms with E-state index in [9.17, 15) is 0 Å². The van der Waals surface area contributed by atoms with E-state index < -0.39 is 0 Å². The zero-order valence-corrected chi connectivity index (χ0v) is 6.27. The molecule has 0 amide bonds. The molecule has 0 bridgehead atoms. The van der Waals surface area contributed by atoms with Crippen LogP contribution in [0.3, 0.4) is 0 Å². The molecule has 0 fully saturated rings. The number of hydrogen-bond donors (Lipinski definition) is 0.